The molecule has 0 saturated carbocycles. The Kier molecular flexibility index (Phi) is 6.80. The van der Waals surface area contributed by atoms with Gasteiger partial charge in [0, 0.05) is 30.9 Å². The van der Waals surface area contributed by atoms with Gasteiger partial charge < -0.3 is 15.5 Å². The van der Waals surface area contributed by atoms with Crippen LogP contribution in [0.25, 0.3) is 0 Å². The summed E-state index contributed by atoms with van der Waals surface area (Å²) in [5.74, 6) is -0.359. The normalized spacial score (nSPS) is 13.4. The molecule has 1 aromatic rings. The average Bonchev–Trinajstić information content (AvgIpc) is 3.12. The SMILES string of the molecule is CCCNC(=O)NC(=O)CNc1ccc(C(=O)N2CCCC2)cc1C. The second-order valence-electron chi connectivity index (χ2n) is 6.19. The molecule has 0 atom stereocenters. The zero-order chi connectivity index (χ0) is 18.2. The number of urea groups is 1. The Morgan fingerprint density at radius 2 is 1.88 bits per heavy atom. The van der Waals surface area contributed by atoms with Crippen LogP contribution in [0.15, 0.2) is 18.2 Å². The third-order valence-electron chi connectivity index (χ3n) is 4.09. The summed E-state index contributed by atoms with van der Waals surface area (Å²) < 4.78 is 0. The lowest BCUT2D eigenvalue weighted by Crippen LogP contribution is -2.42. The number of anilines is 1. The third-order valence-corrected chi connectivity index (χ3v) is 4.09. The predicted molar refractivity (Wildman–Crippen MR) is 96.6 cm³/mol. The first-order valence-corrected chi connectivity index (χ1v) is 8.72. The first-order valence-electron chi connectivity index (χ1n) is 8.72. The zero-order valence-electron chi connectivity index (χ0n) is 14.9. The molecule has 1 saturated heterocycles. The number of carbonyl (C=O) groups excluding carboxylic acids is 3. The van der Waals surface area contributed by atoms with Crippen LogP contribution >= 0.6 is 0 Å². The topological polar surface area (TPSA) is 90.5 Å². The maximum atomic E-state index is 12.4. The summed E-state index contributed by atoms with van der Waals surface area (Å²) in [6.07, 6.45) is 2.93. The molecule has 0 aliphatic carbocycles. The Morgan fingerprint density at radius 1 is 1.16 bits per heavy atom. The summed E-state index contributed by atoms with van der Waals surface area (Å²) in [4.78, 5) is 37.4. The van der Waals surface area contributed by atoms with Crippen LogP contribution in [0, 0.1) is 6.92 Å². The van der Waals surface area contributed by atoms with Crippen molar-refractivity contribution in [3.8, 4) is 0 Å². The van der Waals surface area contributed by atoms with Gasteiger partial charge in [0.25, 0.3) is 5.91 Å². The molecule has 1 aliphatic heterocycles. The third kappa shape index (κ3) is 5.48. The van der Waals surface area contributed by atoms with Crippen molar-refractivity contribution in [1.29, 1.82) is 0 Å². The highest BCUT2D eigenvalue weighted by Crippen LogP contribution is 2.19. The van der Waals surface area contributed by atoms with Gasteiger partial charge in [-0.1, -0.05) is 6.92 Å². The maximum Gasteiger partial charge on any atom is 0.321 e. The van der Waals surface area contributed by atoms with E-state index >= 15 is 0 Å². The van der Waals surface area contributed by atoms with Crippen molar-refractivity contribution in [3.63, 3.8) is 0 Å². The van der Waals surface area contributed by atoms with Gasteiger partial charge in [0.2, 0.25) is 5.91 Å². The number of rotatable bonds is 6. The molecule has 0 bridgehead atoms. The van der Waals surface area contributed by atoms with Gasteiger partial charge in [-0.25, -0.2) is 4.79 Å². The number of hydrogen-bond acceptors (Lipinski definition) is 4. The van der Waals surface area contributed by atoms with E-state index < -0.39 is 11.9 Å². The molecule has 25 heavy (non-hydrogen) atoms. The molecule has 7 nitrogen and oxygen atoms in total. The minimum absolute atomic E-state index is 0.0141. The fourth-order valence-corrected chi connectivity index (χ4v) is 2.73. The van der Waals surface area contributed by atoms with Crippen LogP contribution in [-0.4, -0.2) is 48.9 Å². The van der Waals surface area contributed by atoms with Crippen molar-refractivity contribution in [2.45, 2.75) is 33.1 Å². The van der Waals surface area contributed by atoms with E-state index in [4.69, 9.17) is 0 Å². The summed E-state index contributed by atoms with van der Waals surface area (Å²) in [6.45, 7) is 5.97. The fourth-order valence-electron chi connectivity index (χ4n) is 2.73. The molecule has 136 valence electrons. The molecule has 1 aliphatic rings. The number of aryl methyl sites for hydroxylation is 1. The predicted octanol–water partition coefficient (Wildman–Crippen LogP) is 1.88. The Labute approximate surface area is 148 Å². The Morgan fingerprint density at radius 3 is 2.52 bits per heavy atom. The number of amides is 4. The second-order valence-corrected chi connectivity index (χ2v) is 6.19. The average molecular weight is 346 g/mol. The molecule has 7 heteroatoms. The van der Waals surface area contributed by atoms with Gasteiger partial charge in [-0.15, -0.1) is 0 Å². The van der Waals surface area contributed by atoms with Crippen LogP contribution < -0.4 is 16.0 Å². The highest BCUT2D eigenvalue weighted by molar-refractivity contribution is 5.97. The monoisotopic (exact) mass is 346 g/mol. The van der Waals surface area contributed by atoms with Crippen LogP contribution in [0.2, 0.25) is 0 Å². The molecular weight excluding hydrogens is 320 g/mol. The smallest absolute Gasteiger partial charge is 0.321 e. The Balaban J connectivity index is 1.87. The summed E-state index contributed by atoms with van der Waals surface area (Å²) in [5.41, 5.74) is 2.31. The minimum atomic E-state index is -0.489. The number of nitrogens with zero attached hydrogens (tertiary/aromatic N) is 1. The lowest BCUT2D eigenvalue weighted by atomic mass is 10.1. The van der Waals surface area contributed by atoms with E-state index in [-0.39, 0.29) is 12.5 Å². The van der Waals surface area contributed by atoms with E-state index in [2.05, 4.69) is 16.0 Å². The van der Waals surface area contributed by atoms with Crippen molar-refractivity contribution in [2.24, 2.45) is 0 Å². The van der Waals surface area contributed by atoms with E-state index in [1.165, 1.54) is 0 Å². The van der Waals surface area contributed by atoms with Gasteiger partial charge in [-0.05, 0) is 49.9 Å². The quantitative estimate of drug-likeness (QED) is 0.733. The second kappa shape index (κ2) is 9.05. The van der Waals surface area contributed by atoms with Crippen LogP contribution in [-0.2, 0) is 4.79 Å². The van der Waals surface area contributed by atoms with Crippen molar-refractivity contribution < 1.29 is 14.4 Å². The Hall–Kier alpha value is -2.57. The van der Waals surface area contributed by atoms with Crippen molar-refractivity contribution in [2.75, 3.05) is 31.5 Å². The number of nitrogens with one attached hydrogen (secondary N) is 3. The zero-order valence-corrected chi connectivity index (χ0v) is 14.9. The van der Waals surface area contributed by atoms with Crippen LogP contribution in [0.5, 0.6) is 0 Å². The molecule has 1 fully saturated rings. The largest absolute Gasteiger partial charge is 0.376 e. The van der Waals surface area contributed by atoms with E-state index in [1.807, 2.05) is 24.8 Å². The lowest BCUT2D eigenvalue weighted by molar-refractivity contribution is -0.118. The molecular formula is C18H26N4O3. The summed E-state index contributed by atoms with van der Waals surface area (Å²) in [5, 5.41) is 7.83. The number of likely N-dealkylation sites (tertiary alicyclic amines) is 1. The molecule has 3 N–H and O–H groups in total. The molecule has 2 rings (SSSR count). The van der Waals surface area contributed by atoms with Gasteiger partial charge >= 0.3 is 6.03 Å². The highest BCUT2D eigenvalue weighted by Gasteiger charge is 2.19. The van der Waals surface area contributed by atoms with Crippen LogP contribution in [0.4, 0.5) is 10.5 Å². The molecule has 1 heterocycles. The van der Waals surface area contributed by atoms with Gasteiger partial charge in [0.05, 0.1) is 6.54 Å². The summed E-state index contributed by atoms with van der Waals surface area (Å²) in [6, 6.07) is 4.90. The fraction of sp³-hybridized carbons (Fsp3) is 0.500. The van der Waals surface area contributed by atoms with Gasteiger partial charge in [-0.2, -0.15) is 0 Å². The van der Waals surface area contributed by atoms with Crippen LogP contribution in [0.1, 0.15) is 42.1 Å². The van der Waals surface area contributed by atoms with Crippen molar-refractivity contribution in [3.05, 3.63) is 29.3 Å². The molecule has 0 radical (unpaired) electrons. The number of carbonyl (C=O) groups is 3. The molecule has 0 aromatic heterocycles. The van der Waals surface area contributed by atoms with E-state index in [0.717, 1.165) is 43.6 Å². The molecule has 0 spiro atoms. The highest BCUT2D eigenvalue weighted by atomic mass is 16.2. The standard InChI is InChI=1S/C18H26N4O3/c1-3-8-19-18(25)21-16(23)12-20-15-7-6-14(11-13(15)2)17(24)22-9-4-5-10-22/h6-7,11,20H,3-5,8-10,12H2,1-2H3,(H2,19,21,23,25). The number of hydrogen-bond donors (Lipinski definition) is 3. The van der Waals surface area contributed by atoms with Crippen molar-refractivity contribution in [1.82, 2.24) is 15.5 Å². The maximum absolute atomic E-state index is 12.4. The first kappa shape index (κ1) is 18.8. The number of benzene rings is 1. The molecule has 4 amide bonds. The van der Waals surface area contributed by atoms with E-state index in [1.54, 1.807) is 12.1 Å². The summed E-state index contributed by atoms with van der Waals surface area (Å²) >= 11 is 0. The minimum Gasteiger partial charge on any atom is -0.376 e. The molecule has 0 unspecified atom stereocenters. The van der Waals surface area contributed by atoms with E-state index in [0.29, 0.717) is 12.1 Å². The number of imide groups is 1. The van der Waals surface area contributed by atoms with Gasteiger partial charge in [-0.3, -0.25) is 14.9 Å². The Bertz CT molecular complexity index is 639. The first-order chi connectivity index (χ1) is 12.0. The molecule has 1 aromatic carbocycles. The van der Waals surface area contributed by atoms with E-state index in [9.17, 15) is 14.4 Å². The van der Waals surface area contributed by atoms with Gasteiger partial charge in [0.1, 0.15) is 0 Å². The van der Waals surface area contributed by atoms with Gasteiger partial charge in [0.15, 0.2) is 0 Å². The van der Waals surface area contributed by atoms with Crippen LogP contribution in [0.3, 0.4) is 0 Å². The van der Waals surface area contributed by atoms with Crippen molar-refractivity contribution >= 4 is 23.5 Å². The summed E-state index contributed by atoms with van der Waals surface area (Å²) in [7, 11) is 0. The lowest BCUT2D eigenvalue weighted by Gasteiger charge is -2.16.